The number of hydrogen-bond donors (Lipinski definition) is 0. The number of ketones is 2. The molecule has 0 bridgehead atoms. The molecule has 0 saturated carbocycles. The number of unbranched alkanes of at least 4 members (excludes halogenated alkanes) is 13. The average molecular weight is 381 g/mol. The van der Waals surface area contributed by atoms with Crippen molar-refractivity contribution in [2.45, 2.75) is 110 Å². The maximum atomic E-state index is 11.7. The molecule has 0 unspecified atom stereocenters. The van der Waals surface area contributed by atoms with Crippen molar-refractivity contribution in [3.05, 3.63) is 12.2 Å². The summed E-state index contributed by atoms with van der Waals surface area (Å²) in [7, 11) is 1.24. The first kappa shape index (κ1) is 25.6. The smallest absolute Gasteiger partial charge is 0.313 e. The monoisotopic (exact) mass is 380 g/mol. The molecule has 0 aliphatic rings. The second-order valence-electron chi connectivity index (χ2n) is 7.37. The molecule has 0 N–H and O–H groups in total. The van der Waals surface area contributed by atoms with Gasteiger partial charge in [0.15, 0.2) is 11.6 Å². The van der Waals surface area contributed by atoms with Crippen LogP contribution < -0.4 is 0 Å². The molecular formula is C23H40O4. The lowest BCUT2D eigenvalue weighted by Crippen LogP contribution is -2.07. The van der Waals surface area contributed by atoms with Gasteiger partial charge in [0.25, 0.3) is 0 Å². The molecule has 0 amide bonds. The van der Waals surface area contributed by atoms with E-state index in [2.05, 4.69) is 11.7 Å². The fourth-order valence-electron chi connectivity index (χ4n) is 3.04. The fourth-order valence-corrected chi connectivity index (χ4v) is 3.04. The molecule has 0 saturated heterocycles. The summed E-state index contributed by atoms with van der Waals surface area (Å²) in [6.45, 7) is 2.26. The van der Waals surface area contributed by atoms with E-state index in [4.69, 9.17) is 0 Å². The zero-order valence-corrected chi connectivity index (χ0v) is 17.6. The molecule has 4 heteroatoms. The van der Waals surface area contributed by atoms with Gasteiger partial charge in [-0.2, -0.15) is 0 Å². The number of hydrogen-bond acceptors (Lipinski definition) is 4. The highest BCUT2D eigenvalue weighted by molar-refractivity contribution is 6.05. The molecular weight excluding hydrogens is 340 g/mol. The van der Waals surface area contributed by atoms with Crippen LogP contribution in [0, 0.1) is 0 Å². The fraction of sp³-hybridized carbons (Fsp3) is 0.783. The minimum atomic E-state index is -0.580. The molecule has 0 heterocycles. The lowest BCUT2D eigenvalue weighted by Gasteiger charge is -2.03. The lowest BCUT2D eigenvalue weighted by atomic mass is 10.0. The number of rotatable bonds is 19. The van der Waals surface area contributed by atoms with Crippen LogP contribution in [-0.4, -0.2) is 24.6 Å². The first-order chi connectivity index (χ1) is 13.1. The molecule has 0 spiro atoms. The molecule has 0 fully saturated rings. The summed E-state index contributed by atoms with van der Waals surface area (Å²) in [5, 5.41) is 0. The van der Waals surface area contributed by atoms with Crippen molar-refractivity contribution >= 4 is 17.5 Å². The quantitative estimate of drug-likeness (QED) is 0.117. The van der Waals surface area contributed by atoms with Crippen molar-refractivity contribution in [2.24, 2.45) is 0 Å². The Balaban J connectivity index is 3.37. The van der Waals surface area contributed by atoms with Gasteiger partial charge in [-0.05, 0) is 18.6 Å². The Morgan fingerprint density at radius 2 is 1.04 bits per heavy atom. The summed E-state index contributed by atoms with van der Waals surface area (Å²) >= 11 is 0. The van der Waals surface area contributed by atoms with Crippen LogP contribution in [-0.2, 0) is 19.1 Å². The summed E-state index contributed by atoms with van der Waals surface area (Å²) in [6, 6.07) is 0. The maximum Gasteiger partial charge on any atom is 0.313 e. The summed E-state index contributed by atoms with van der Waals surface area (Å²) in [5.41, 5.74) is 0. The molecule has 0 aliphatic carbocycles. The lowest BCUT2D eigenvalue weighted by molar-refractivity contribution is -0.142. The summed E-state index contributed by atoms with van der Waals surface area (Å²) in [5.74, 6) is -1.02. The number of carbonyl (C=O) groups excluding carboxylic acids is 3. The van der Waals surface area contributed by atoms with Gasteiger partial charge in [0.1, 0.15) is 6.42 Å². The first-order valence-electron chi connectivity index (χ1n) is 10.9. The molecule has 0 radical (unpaired) electrons. The zero-order chi connectivity index (χ0) is 20.2. The van der Waals surface area contributed by atoms with Crippen LogP contribution in [0.4, 0.5) is 0 Å². The standard InChI is InChI=1S/C23H40O4/c1-3-4-5-6-7-8-9-10-11-12-13-14-15-16-17-21(24)18-19-22(25)20-23(26)27-2/h18-19H,3-17,20H2,1-2H3/b19-18+. The van der Waals surface area contributed by atoms with Crippen LogP contribution in [0.25, 0.3) is 0 Å². The molecule has 27 heavy (non-hydrogen) atoms. The van der Waals surface area contributed by atoms with Crippen LogP contribution >= 0.6 is 0 Å². The average Bonchev–Trinajstić information content (AvgIpc) is 2.66. The zero-order valence-electron chi connectivity index (χ0n) is 17.6. The van der Waals surface area contributed by atoms with Crippen molar-refractivity contribution in [1.29, 1.82) is 0 Å². The Morgan fingerprint density at radius 1 is 0.630 bits per heavy atom. The topological polar surface area (TPSA) is 60.4 Å². The van der Waals surface area contributed by atoms with Gasteiger partial charge in [-0.1, -0.05) is 90.4 Å². The number of allylic oxidation sites excluding steroid dienone is 2. The first-order valence-corrected chi connectivity index (χ1v) is 10.9. The highest BCUT2D eigenvalue weighted by atomic mass is 16.5. The molecule has 0 aromatic heterocycles. The van der Waals surface area contributed by atoms with Gasteiger partial charge in [0.05, 0.1) is 7.11 Å². The molecule has 0 aliphatic heterocycles. The van der Waals surface area contributed by atoms with E-state index in [-0.39, 0.29) is 12.2 Å². The van der Waals surface area contributed by atoms with Gasteiger partial charge in [-0.3, -0.25) is 14.4 Å². The van der Waals surface area contributed by atoms with E-state index in [1.807, 2.05) is 0 Å². The van der Waals surface area contributed by atoms with E-state index in [1.54, 1.807) is 0 Å². The summed E-state index contributed by atoms with van der Waals surface area (Å²) < 4.78 is 4.41. The molecule has 0 aromatic rings. The normalized spacial score (nSPS) is 11.0. The van der Waals surface area contributed by atoms with Gasteiger partial charge < -0.3 is 4.74 Å². The molecule has 156 valence electrons. The Morgan fingerprint density at radius 3 is 1.48 bits per heavy atom. The molecule has 0 aromatic carbocycles. The van der Waals surface area contributed by atoms with Gasteiger partial charge in [0, 0.05) is 6.42 Å². The number of esters is 1. The molecule has 4 nitrogen and oxygen atoms in total. The van der Waals surface area contributed by atoms with Crippen molar-refractivity contribution < 1.29 is 19.1 Å². The minimum absolute atomic E-state index is 0.0489. The maximum absolute atomic E-state index is 11.7. The number of methoxy groups -OCH3 is 1. The second-order valence-corrected chi connectivity index (χ2v) is 7.37. The Bertz CT molecular complexity index is 426. The van der Waals surface area contributed by atoms with Crippen molar-refractivity contribution in [1.82, 2.24) is 0 Å². The Labute approximate surface area is 166 Å². The third kappa shape index (κ3) is 19.1. The Kier molecular flexibility index (Phi) is 18.3. The molecule has 0 rings (SSSR count). The van der Waals surface area contributed by atoms with Gasteiger partial charge in [0.2, 0.25) is 0 Å². The largest absolute Gasteiger partial charge is 0.469 e. The van der Waals surface area contributed by atoms with E-state index in [0.29, 0.717) is 6.42 Å². The van der Waals surface area contributed by atoms with E-state index in [0.717, 1.165) is 12.8 Å². The molecule has 0 atom stereocenters. The van der Waals surface area contributed by atoms with Crippen LogP contribution in [0.5, 0.6) is 0 Å². The number of ether oxygens (including phenoxy) is 1. The van der Waals surface area contributed by atoms with Crippen molar-refractivity contribution in [2.75, 3.05) is 7.11 Å². The van der Waals surface area contributed by atoms with E-state index in [9.17, 15) is 14.4 Å². The van der Waals surface area contributed by atoms with E-state index >= 15 is 0 Å². The third-order valence-electron chi connectivity index (χ3n) is 4.78. The van der Waals surface area contributed by atoms with Crippen molar-refractivity contribution in [3.63, 3.8) is 0 Å². The van der Waals surface area contributed by atoms with Crippen LogP contribution in [0.2, 0.25) is 0 Å². The minimum Gasteiger partial charge on any atom is -0.469 e. The van der Waals surface area contributed by atoms with E-state index in [1.165, 1.54) is 96.3 Å². The van der Waals surface area contributed by atoms with Gasteiger partial charge >= 0.3 is 5.97 Å². The van der Waals surface area contributed by atoms with Crippen LogP contribution in [0.15, 0.2) is 12.2 Å². The summed E-state index contributed by atoms with van der Waals surface area (Å²) in [6.07, 6.45) is 20.7. The predicted octanol–water partition coefficient (Wildman–Crippen LogP) is 6.12. The number of carbonyl (C=O) groups is 3. The highest BCUT2D eigenvalue weighted by Gasteiger charge is 2.06. The third-order valence-corrected chi connectivity index (χ3v) is 4.78. The van der Waals surface area contributed by atoms with Crippen molar-refractivity contribution in [3.8, 4) is 0 Å². The van der Waals surface area contributed by atoms with E-state index < -0.39 is 11.8 Å². The summed E-state index contributed by atoms with van der Waals surface area (Å²) in [4.78, 5) is 34.0. The SMILES string of the molecule is CCCCCCCCCCCCCCCCC(=O)/C=C/C(=O)CC(=O)OC. The van der Waals surface area contributed by atoms with Crippen LogP contribution in [0.1, 0.15) is 110 Å². The highest BCUT2D eigenvalue weighted by Crippen LogP contribution is 2.13. The second kappa shape index (κ2) is 19.3. The van der Waals surface area contributed by atoms with Crippen LogP contribution in [0.3, 0.4) is 0 Å². The predicted molar refractivity (Wildman–Crippen MR) is 111 cm³/mol. The van der Waals surface area contributed by atoms with Gasteiger partial charge in [-0.15, -0.1) is 0 Å². The van der Waals surface area contributed by atoms with Gasteiger partial charge in [-0.25, -0.2) is 0 Å². The Hall–Kier alpha value is -1.45.